The Morgan fingerprint density at radius 3 is 2.12 bits per heavy atom. The molecule has 1 aromatic rings. The molecule has 148 valence electrons. The molecule has 0 fully saturated rings. The molecule has 0 aliphatic rings. The maximum Gasteiger partial charge on any atom is 0.191 e. The lowest BCUT2D eigenvalue weighted by molar-refractivity contribution is 0.347. The Labute approximate surface area is 158 Å². The summed E-state index contributed by atoms with van der Waals surface area (Å²) in [6, 6.07) is 4.12. The molecule has 2 N–H and O–H groups in total. The lowest BCUT2D eigenvalue weighted by Crippen LogP contribution is -2.41. The van der Waals surface area contributed by atoms with E-state index in [9.17, 15) is 0 Å². The van der Waals surface area contributed by atoms with E-state index in [1.165, 1.54) is 12.8 Å². The van der Waals surface area contributed by atoms with Crippen molar-refractivity contribution in [1.29, 1.82) is 0 Å². The average Bonchev–Trinajstić information content (AvgIpc) is 2.63. The van der Waals surface area contributed by atoms with E-state index >= 15 is 0 Å². The fourth-order valence-corrected chi connectivity index (χ4v) is 2.74. The van der Waals surface area contributed by atoms with Gasteiger partial charge in [0.15, 0.2) is 17.5 Å². The minimum Gasteiger partial charge on any atom is -0.496 e. The van der Waals surface area contributed by atoms with Gasteiger partial charge < -0.3 is 24.8 Å². The first-order chi connectivity index (χ1) is 12.4. The Bertz CT molecular complexity index is 574. The van der Waals surface area contributed by atoms with Crippen molar-refractivity contribution in [2.24, 2.45) is 10.9 Å². The maximum atomic E-state index is 5.47. The third-order valence-corrected chi connectivity index (χ3v) is 4.26. The molecule has 0 saturated carbocycles. The highest BCUT2D eigenvalue weighted by Crippen LogP contribution is 2.34. The highest BCUT2D eigenvalue weighted by atomic mass is 16.5. The van der Waals surface area contributed by atoms with Gasteiger partial charge in [0.1, 0.15) is 5.75 Å². The van der Waals surface area contributed by atoms with Gasteiger partial charge in [-0.3, -0.25) is 4.99 Å². The van der Waals surface area contributed by atoms with Crippen LogP contribution in [0.15, 0.2) is 17.1 Å². The standard InChI is InChI=1S/C20H35N3O3/c1-14(2)9-8-10-15(3)23-20(21-4)22-13-16-11-18(25-6)19(26-7)12-17(16)24-5/h11-12,14-15H,8-10,13H2,1-7H3,(H2,21,22,23). The van der Waals surface area contributed by atoms with Crippen molar-refractivity contribution in [1.82, 2.24) is 10.6 Å². The molecule has 1 unspecified atom stereocenters. The van der Waals surface area contributed by atoms with Crippen LogP contribution < -0.4 is 24.8 Å². The van der Waals surface area contributed by atoms with Gasteiger partial charge in [0.25, 0.3) is 0 Å². The number of hydrogen-bond donors (Lipinski definition) is 2. The van der Waals surface area contributed by atoms with Crippen molar-refractivity contribution < 1.29 is 14.2 Å². The SMILES string of the molecule is CN=C(NCc1cc(OC)c(OC)cc1OC)NC(C)CCCC(C)C. The molecular weight excluding hydrogens is 330 g/mol. The van der Waals surface area contributed by atoms with Crippen LogP contribution >= 0.6 is 0 Å². The van der Waals surface area contributed by atoms with Crippen LogP contribution in [0.4, 0.5) is 0 Å². The Hall–Kier alpha value is -2.11. The topological polar surface area (TPSA) is 64.1 Å². The van der Waals surface area contributed by atoms with Crippen LogP contribution in [0.25, 0.3) is 0 Å². The zero-order valence-electron chi connectivity index (χ0n) is 17.3. The minimum absolute atomic E-state index is 0.368. The molecule has 0 aromatic heterocycles. The minimum atomic E-state index is 0.368. The largest absolute Gasteiger partial charge is 0.496 e. The fourth-order valence-electron chi connectivity index (χ4n) is 2.74. The van der Waals surface area contributed by atoms with Crippen molar-refractivity contribution in [3.05, 3.63) is 17.7 Å². The summed E-state index contributed by atoms with van der Waals surface area (Å²) in [5.41, 5.74) is 0.973. The van der Waals surface area contributed by atoms with Crippen molar-refractivity contribution in [2.75, 3.05) is 28.4 Å². The second-order valence-electron chi connectivity index (χ2n) is 6.81. The molecule has 0 spiro atoms. The summed E-state index contributed by atoms with van der Waals surface area (Å²) in [5, 5.41) is 6.78. The van der Waals surface area contributed by atoms with Crippen molar-refractivity contribution in [2.45, 2.75) is 52.6 Å². The molecule has 26 heavy (non-hydrogen) atoms. The molecule has 0 aliphatic carbocycles. The number of aliphatic imine (C=N–C) groups is 1. The molecule has 6 nitrogen and oxygen atoms in total. The van der Waals surface area contributed by atoms with Gasteiger partial charge in [0.05, 0.1) is 21.3 Å². The second kappa shape index (κ2) is 11.5. The van der Waals surface area contributed by atoms with E-state index in [-0.39, 0.29) is 0 Å². The van der Waals surface area contributed by atoms with Crippen LogP contribution in [0.1, 0.15) is 45.6 Å². The van der Waals surface area contributed by atoms with Crippen LogP contribution in [-0.2, 0) is 6.54 Å². The van der Waals surface area contributed by atoms with Gasteiger partial charge in [-0.25, -0.2) is 0 Å². The molecule has 0 heterocycles. The average molecular weight is 366 g/mol. The molecule has 1 atom stereocenters. The van der Waals surface area contributed by atoms with Gasteiger partial charge in [0, 0.05) is 31.3 Å². The summed E-state index contributed by atoms with van der Waals surface area (Å²) >= 11 is 0. The highest BCUT2D eigenvalue weighted by molar-refractivity contribution is 5.80. The number of hydrogen-bond acceptors (Lipinski definition) is 4. The van der Waals surface area contributed by atoms with E-state index in [2.05, 4.69) is 36.4 Å². The summed E-state index contributed by atoms with van der Waals surface area (Å²) in [4.78, 5) is 4.32. The third kappa shape index (κ3) is 7.02. The van der Waals surface area contributed by atoms with E-state index in [0.717, 1.165) is 29.6 Å². The molecule has 0 aliphatic heterocycles. The smallest absolute Gasteiger partial charge is 0.191 e. The van der Waals surface area contributed by atoms with E-state index in [1.54, 1.807) is 28.4 Å². The first-order valence-corrected chi connectivity index (χ1v) is 9.21. The zero-order valence-corrected chi connectivity index (χ0v) is 17.3. The van der Waals surface area contributed by atoms with Crippen molar-refractivity contribution in [3.63, 3.8) is 0 Å². The van der Waals surface area contributed by atoms with Crippen LogP contribution in [0.3, 0.4) is 0 Å². The quantitative estimate of drug-likeness (QED) is 0.490. The Morgan fingerprint density at radius 2 is 1.58 bits per heavy atom. The second-order valence-corrected chi connectivity index (χ2v) is 6.81. The summed E-state index contributed by atoms with van der Waals surface area (Å²) < 4.78 is 16.2. The van der Waals surface area contributed by atoms with Gasteiger partial charge in [-0.1, -0.05) is 26.7 Å². The van der Waals surface area contributed by atoms with Gasteiger partial charge in [0.2, 0.25) is 0 Å². The third-order valence-electron chi connectivity index (χ3n) is 4.26. The normalized spacial score (nSPS) is 12.7. The lowest BCUT2D eigenvalue weighted by Gasteiger charge is -2.19. The van der Waals surface area contributed by atoms with Gasteiger partial charge in [-0.15, -0.1) is 0 Å². The van der Waals surface area contributed by atoms with Crippen LogP contribution in [0.2, 0.25) is 0 Å². The number of nitrogens with one attached hydrogen (secondary N) is 2. The molecule has 1 rings (SSSR count). The molecule has 0 bridgehead atoms. The summed E-state index contributed by atoms with van der Waals surface area (Å²) in [6.45, 7) is 7.27. The number of methoxy groups -OCH3 is 3. The summed E-state index contributed by atoms with van der Waals surface area (Å²) in [6.07, 6.45) is 3.59. The summed E-state index contributed by atoms with van der Waals surface area (Å²) in [7, 11) is 6.67. The molecule has 0 saturated heterocycles. The number of guanidine groups is 1. The molecule has 1 aromatic carbocycles. The number of ether oxygens (including phenoxy) is 3. The number of benzene rings is 1. The van der Waals surface area contributed by atoms with Gasteiger partial charge in [-0.2, -0.15) is 0 Å². The molecular formula is C20H35N3O3. The van der Waals surface area contributed by atoms with Crippen molar-refractivity contribution in [3.8, 4) is 17.2 Å². The Morgan fingerprint density at radius 1 is 0.962 bits per heavy atom. The van der Waals surface area contributed by atoms with Crippen molar-refractivity contribution >= 4 is 5.96 Å². The Balaban J connectivity index is 2.68. The number of nitrogens with zero attached hydrogens (tertiary/aromatic N) is 1. The molecule has 6 heteroatoms. The van der Waals surface area contributed by atoms with E-state index < -0.39 is 0 Å². The zero-order chi connectivity index (χ0) is 19.5. The van der Waals surface area contributed by atoms with Crippen LogP contribution in [0, 0.1) is 5.92 Å². The van der Waals surface area contributed by atoms with E-state index in [1.807, 2.05) is 12.1 Å². The maximum absolute atomic E-state index is 5.47. The first kappa shape index (κ1) is 21.9. The number of rotatable bonds is 10. The lowest BCUT2D eigenvalue weighted by atomic mass is 10.0. The fraction of sp³-hybridized carbons (Fsp3) is 0.650. The van der Waals surface area contributed by atoms with E-state index in [4.69, 9.17) is 14.2 Å². The predicted molar refractivity (Wildman–Crippen MR) is 108 cm³/mol. The van der Waals surface area contributed by atoms with Crippen LogP contribution in [0.5, 0.6) is 17.2 Å². The monoisotopic (exact) mass is 365 g/mol. The molecule has 0 radical (unpaired) electrons. The van der Waals surface area contributed by atoms with Gasteiger partial charge >= 0.3 is 0 Å². The van der Waals surface area contributed by atoms with Gasteiger partial charge in [-0.05, 0) is 25.3 Å². The Kier molecular flexibility index (Phi) is 9.70. The first-order valence-electron chi connectivity index (χ1n) is 9.21. The molecule has 0 amide bonds. The predicted octanol–water partition coefficient (Wildman–Crippen LogP) is 3.59. The summed E-state index contributed by atoms with van der Waals surface area (Å²) in [5.74, 6) is 3.59. The van der Waals surface area contributed by atoms with E-state index in [0.29, 0.717) is 24.1 Å². The highest BCUT2D eigenvalue weighted by Gasteiger charge is 2.13. The van der Waals surface area contributed by atoms with Crippen LogP contribution in [-0.4, -0.2) is 40.4 Å².